The van der Waals surface area contributed by atoms with Gasteiger partial charge in [0.25, 0.3) is 0 Å². The van der Waals surface area contributed by atoms with Gasteiger partial charge in [-0.15, -0.1) is 0 Å². The molecule has 0 atom stereocenters. The molecule has 5 aromatic carbocycles. The third-order valence-corrected chi connectivity index (χ3v) is 7.09. The van der Waals surface area contributed by atoms with Crippen LogP contribution in [-0.4, -0.2) is 4.98 Å². The smallest absolute Gasteiger partial charge is 0.0711 e. The molecule has 1 nitrogen and oxygen atoms in total. The molecule has 0 N–H and O–H groups in total. The SMILES string of the molecule is c1ccc(-c2cccc(C(c3ccccc3)(c3ccccc3)c3ccccc3)c2-c2ccccn2)cc1. The fourth-order valence-electron chi connectivity index (χ4n) is 5.54. The highest BCUT2D eigenvalue weighted by Crippen LogP contribution is 2.50. The molecule has 0 saturated heterocycles. The second-order valence-electron chi connectivity index (χ2n) is 9.16. The van der Waals surface area contributed by atoms with E-state index in [1.54, 1.807) is 0 Å². The Kier molecular flexibility index (Phi) is 6.19. The van der Waals surface area contributed by atoms with Crippen LogP contribution in [0.1, 0.15) is 22.3 Å². The summed E-state index contributed by atoms with van der Waals surface area (Å²) in [5, 5.41) is 0. The van der Waals surface area contributed by atoms with E-state index in [4.69, 9.17) is 4.98 Å². The van der Waals surface area contributed by atoms with Crippen molar-refractivity contribution in [3.05, 3.63) is 186 Å². The number of hydrogen-bond acceptors (Lipinski definition) is 1. The largest absolute Gasteiger partial charge is 0.256 e. The summed E-state index contributed by atoms with van der Waals surface area (Å²) in [6.45, 7) is 0. The minimum atomic E-state index is -0.554. The Labute approximate surface area is 218 Å². The highest BCUT2D eigenvalue weighted by Gasteiger charge is 2.40. The lowest BCUT2D eigenvalue weighted by Crippen LogP contribution is -2.32. The van der Waals surface area contributed by atoms with E-state index in [-0.39, 0.29) is 0 Å². The molecule has 1 heteroatoms. The van der Waals surface area contributed by atoms with Gasteiger partial charge in [-0.3, -0.25) is 4.98 Å². The normalized spacial score (nSPS) is 11.2. The van der Waals surface area contributed by atoms with E-state index >= 15 is 0 Å². The Balaban J connectivity index is 1.81. The number of pyridine rings is 1. The molecule has 6 aromatic rings. The predicted molar refractivity (Wildman–Crippen MR) is 153 cm³/mol. The third kappa shape index (κ3) is 4.05. The van der Waals surface area contributed by atoms with Crippen molar-refractivity contribution in [2.24, 2.45) is 0 Å². The molecule has 0 amide bonds. The van der Waals surface area contributed by atoms with Crippen LogP contribution in [0.15, 0.2) is 164 Å². The van der Waals surface area contributed by atoms with Crippen molar-refractivity contribution in [3.8, 4) is 22.4 Å². The fourth-order valence-corrected chi connectivity index (χ4v) is 5.54. The maximum atomic E-state index is 4.89. The van der Waals surface area contributed by atoms with Gasteiger partial charge in [0.2, 0.25) is 0 Å². The highest BCUT2D eigenvalue weighted by atomic mass is 14.7. The van der Waals surface area contributed by atoms with E-state index in [2.05, 4.69) is 152 Å². The zero-order valence-corrected chi connectivity index (χ0v) is 20.5. The first-order valence-corrected chi connectivity index (χ1v) is 12.7. The van der Waals surface area contributed by atoms with Crippen molar-refractivity contribution >= 4 is 0 Å². The van der Waals surface area contributed by atoms with Crippen molar-refractivity contribution in [1.82, 2.24) is 4.98 Å². The Morgan fingerprint density at radius 1 is 0.405 bits per heavy atom. The van der Waals surface area contributed by atoms with E-state index in [0.29, 0.717) is 0 Å². The van der Waals surface area contributed by atoms with Gasteiger partial charge in [-0.25, -0.2) is 0 Å². The Bertz CT molecular complexity index is 1480. The average Bonchev–Trinajstić information content (AvgIpc) is 3.00. The van der Waals surface area contributed by atoms with Gasteiger partial charge in [0.1, 0.15) is 0 Å². The predicted octanol–water partition coefficient (Wildman–Crippen LogP) is 8.80. The quantitative estimate of drug-likeness (QED) is 0.220. The lowest BCUT2D eigenvalue weighted by atomic mass is 9.63. The molecule has 37 heavy (non-hydrogen) atoms. The minimum absolute atomic E-state index is 0.554. The molecule has 0 fully saturated rings. The lowest BCUT2D eigenvalue weighted by molar-refractivity contribution is 0.747. The molecule has 0 aliphatic carbocycles. The van der Waals surface area contributed by atoms with Crippen molar-refractivity contribution in [2.75, 3.05) is 0 Å². The van der Waals surface area contributed by atoms with Crippen LogP contribution in [0.5, 0.6) is 0 Å². The molecule has 0 aliphatic rings. The van der Waals surface area contributed by atoms with Crippen LogP contribution in [0.2, 0.25) is 0 Å². The Hall–Kier alpha value is -4.75. The summed E-state index contributed by atoms with van der Waals surface area (Å²) in [7, 11) is 0. The lowest BCUT2D eigenvalue weighted by Gasteiger charge is -2.38. The highest BCUT2D eigenvalue weighted by molar-refractivity contribution is 5.87. The molecular weight excluding hydrogens is 446 g/mol. The monoisotopic (exact) mass is 473 g/mol. The summed E-state index contributed by atoms with van der Waals surface area (Å²) < 4.78 is 0. The van der Waals surface area contributed by atoms with E-state index < -0.39 is 5.41 Å². The van der Waals surface area contributed by atoms with Crippen LogP contribution in [0.4, 0.5) is 0 Å². The third-order valence-electron chi connectivity index (χ3n) is 7.09. The van der Waals surface area contributed by atoms with Gasteiger partial charge in [0.05, 0.1) is 11.1 Å². The first-order chi connectivity index (χ1) is 18.4. The summed E-state index contributed by atoms with van der Waals surface area (Å²) in [4.78, 5) is 4.89. The molecule has 6 rings (SSSR count). The first kappa shape index (κ1) is 22.7. The zero-order valence-electron chi connectivity index (χ0n) is 20.5. The maximum absolute atomic E-state index is 4.89. The average molecular weight is 474 g/mol. The number of hydrogen-bond donors (Lipinski definition) is 0. The first-order valence-electron chi connectivity index (χ1n) is 12.7. The standard InChI is InChI=1S/C36H27N/c1-5-16-28(17-6-1)32-24-15-25-33(35(32)34-26-13-14-27-37-34)36(29-18-7-2-8-19-29,30-20-9-3-10-21-30)31-22-11-4-12-23-31/h1-27H. The minimum Gasteiger partial charge on any atom is -0.256 e. The summed E-state index contributed by atoms with van der Waals surface area (Å²) in [5.41, 5.74) is 8.75. The Morgan fingerprint density at radius 2 is 0.892 bits per heavy atom. The van der Waals surface area contributed by atoms with E-state index in [0.717, 1.165) is 11.3 Å². The summed E-state index contributed by atoms with van der Waals surface area (Å²) in [6.07, 6.45) is 1.89. The van der Waals surface area contributed by atoms with Crippen molar-refractivity contribution < 1.29 is 0 Å². The topological polar surface area (TPSA) is 12.9 Å². The molecule has 0 radical (unpaired) electrons. The van der Waals surface area contributed by atoms with Crippen LogP contribution in [-0.2, 0) is 5.41 Å². The molecule has 0 bridgehead atoms. The van der Waals surface area contributed by atoms with Crippen molar-refractivity contribution in [2.45, 2.75) is 5.41 Å². The number of benzene rings is 5. The van der Waals surface area contributed by atoms with Crippen LogP contribution in [0.25, 0.3) is 22.4 Å². The van der Waals surface area contributed by atoms with Crippen molar-refractivity contribution in [1.29, 1.82) is 0 Å². The van der Waals surface area contributed by atoms with Gasteiger partial charge in [-0.05, 0) is 45.5 Å². The molecule has 0 aliphatic heterocycles. The summed E-state index contributed by atoms with van der Waals surface area (Å²) in [5.74, 6) is 0. The second-order valence-corrected chi connectivity index (χ2v) is 9.16. The van der Waals surface area contributed by atoms with Crippen LogP contribution in [0.3, 0.4) is 0 Å². The molecule has 1 aromatic heterocycles. The number of nitrogens with zero attached hydrogens (tertiary/aromatic N) is 1. The molecule has 0 unspecified atom stereocenters. The molecule has 0 saturated carbocycles. The number of aromatic nitrogens is 1. The van der Waals surface area contributed by atoms with Crippen molar-refractivity contribution in [3.63, 3.8) is 0 Å². The van der Waals surface area contributed by atoms with E-state index in [1.807, 2.05) is 12.3 Å². The van der Waals surface area contributed by atoms with E-state index in [9.17, 15) is 0 Å². The van der Waals surface area contributed by atoms with Gasteiger partial charge in [-0.1, -0.05) is 146 Å². The van der Waals surface area contributed by atoms with E-state index in [1.165, 1.54) is 33.4 Å². The molecule has 176 valence electrons. The summed E-state index contributed by atoms with van der Waals surface area (Å²) in [6, 6.07) is 56.1. The Morgan fingerprint density at radius 3 is 1.38 bits per heavy atom. The maximum Gasteiger partial charge on any atom is 0.0711 e. The fraction of sp³-hybridized carbons (Fsp3) is 0.0278. The van der Waals surface area contributed by atoms with Crippen LogP contribution in [0, 0.1) is 0 Å². The van der Waals surface area contributed by atoms with Crippen LogP contribution < -0.4 is 0 Å². The number of rotatable bonds is 6. The van der Waals surface area contributed by atoms with Gasteiger partial charge in [0, 0.05) is 11.8 Å². The van der Waals surface area contributed by atoms with Gasteiger partial charge in [-0.2, -0.15) is 0 Å². The second kappa shape index (κ2) is 10.1. The molecule has 0 spiro atoms. The molecule has 1 heterocycles. The van der Waals surface area contributed by atoms with Gasteiger partial charge < -0.3 is 0 Å². The zero-order chi connectivity index (χ0) is 24.9. The van der Waals surface area contributed by atoms with Gasteiger partial charge >= 0.3 is 0 Å². The molecular formula is C36H27N. The van der Waals surface area contributed by atoms with Crippen LogP contribution >= 0.6 is 0 Å². The van der Waals surface area contributed by atoms with Gasteiger partial charge in [0.15, 0.2) is 0 Å². The summed E-state index contributed by atoms with van der Waals surface area (Å²) >= 11 is 0.